The number of piperidine rings is 1. The van der Waals surface area contributed by atoms with Crippen molar-refractivity contribution in [2.45, 2.75) is 32.2 Å². The number of likely N-dealkylation sites (tertiary alicyclic amines) is 1. The highest BCUT2D eigenvalue weighted by Gasteiger charge is 2.20. The number of halogens is 1. The first-order valence-electron chi connectivity index (χ1n) is 7.57. The van der Waals surface area contributed by atoms with Gasteiger partial charge in [-0.15, -0.1) is 0 Å². The summed E-state index contributed by atoms with van der Waals surface area (Å²) in [6.45, 7) is 5.53. The molecule has 5 heteroatoms. The maximum Gasteiger partial charge on any atom is 0.258 e. The van der Waals surface area contributed by atoms with Crippen molar-refractivity contribution in [3.05, 3.63) is 29.3 Å². The molecule has 0 atom stereocenters. The molecule has 0 unspecified atom stereocenters. The molecule has 0 radical (unpaired) electrons. The van der Waals surface area contributed by atoms with Crippen molar-refractivity contribution in [2.75, 3.05) is 26.2 Å². The van der Waals surface area contributed by atoms with Crippen LogP contribution < -0.4 is 10.1 Å². The molecule has 0 bridgehead atoms. The average Bonchev–Trinajstić information content (AvgIpc) is 2.49. The normalized spacial score (nSPS) is 16.7. The van der Waals surface area contributed by atoms with Crippen LogP contribution in [0.25, 0.3) is 0 Å². The summed E-state index contributed by atoms with van der Waals surface area (Å²) in [5, 5.41) is 3.70. The van der Waals surface area contributed by atoms with Gasteiger partial charge in [-0.25, -0.2) is 0 Å². The van der Waals surface area contributed by atoms with Crippen molar-refractivity contribution in [3.63, 3.8) is 0 Å². The number of nitrogens with one attached hydrogen (secondary N) is 1. The van der Waals surface area contributed by atoms with E-state index in [2.05, 4.69) is 17.1 Å². The lowest BCUT2D eigenvalue weighted by molar-refractivity contribution is -0.124. The molecule has 1 aromatic rings. The van der Waals surface area contributed by atoms with Gasteiger partial charge in [0.1, 0.15) is 5.75 Å². The second-order valence-electron chi connectivity index (χ2n) is 5.43. The van der Waals surface area contributed by atoms with Crippen molar-refractivity contribution < 1.29 is 9.53 Å². The number of rotatable bonds is 6. The van der Waals surface area contributed by atoms with Gasteiger partial charge in [-0.2, -0.15) is 0 Å². The molecule has 21 heavy (non-hydrogen) atoms. The highest BCUT2D eigenvalue weighted by molar-refractivity contribution is 6.30. The van der Waals surface area contributed by atoms with Crippen LogP contribution >= 0.6 is 11.6 Å². The van der Waals surface area contributed by atoms with Gasteiger partial charge in [0, 0.05) is 24.2 Å². The molecule has 1 saturated heterocycles. The lowest BCUT2D eigenvalue weighted by Gasteiger charge is -2.32. The predicted octanol–water partition coefficient (Wildman–Crippen LogP) is 2.71. The van der Waals surface area contributed by atoms with Crippen molar-refractivity contribution in [2.24, 2.45) is 0 Å². The molecule has 1 heterocycles. The Kier molecular flexibility index (Phi) is 6.33. The fourth-order valence-electron chi connectivity index (χ4n) is 2.57. The fraction of sp³-hybridized carbons (Fsp3) is 0.562. The number of hydrogen-bond donors (Lipinski definition) is 1. The summed E-state index contributed by atoms with van der Waals surface area (Å²) >= 11 is 5.80. The van der Waals surface area contributed by atoms with E-state index >= 15 is 0 Å². The van der Waals surface area contributed by atoms with E-state index in [1.165, 1.54) is 6.42 Å². The Bertz CT molecular complexity index is 442. The summed E-state index contributed by atoms with van der Waals surface area (Å²) in [4.78, 5) is 14.3. The molecule has 1 aromatic carbocycles. The molecule has 1 fully saturated rings. The van der Waals surface area contributed by atoms with Crippen LogP contribution in [0.2, 0.25) is 5.02 Å². The Labute approximate surface area is 131 Å². The SMILES string of the molecule is CCCN1CCC(NC(=O)COc2ccc(Cl)cc2)CC1. The number of amides is 1. The molecule has 0 saturated carbocycles. The van der Waals surface area contributed by atoms with E-state index in [4.69, 9.17) is 16.3 Å². The molecule has 1 aliphatic heterocycles. The van der Waals surface area contributed by atoms with Crippen LogP contribution in [0.3, 0.4) is 0 Å². The summed E-state index contributed by atoms with van der Waals surface area (Å²) in [5.41, 5.74) is 0. The third-order valence-electron chi connectivity index (χ3n) is 3.68. The molecule has 1 N–H and O–H groups in total. The van der Waals surface area contributed by atoms with E-state index in [0.29, 0.717) is 10.8 Å². The van der Waals surface area contributed by atoms with Crippen LogP contribution in [-0.2, 0) is 4.79 Å². The van der Waals surface area contributed by atoms with Gasteiger partial charge in [-0.05, 0) is 50.1 Å². The fourth-order valence-corrected chi connectivity index (χ4v) is 2.69. The summed E-state index contributed by atoms with van der Waals surface area (Å²) < 4.78 is 5.44. The largest absolute Gasteiger partial charge is 0.484 e. The zero-order chi connectivity index (χ0) is 15.1. The maximum absolute atomic E-state index is 11.9. The third-order valence-corrected chi connectivity index (χ3v) is 3.93. The molecular weight excluding hydrogens is 288 g/mol. The van der Waals surface area contributed by atoms with Gasteiger partial charge < -0.3 is 15.0 Å². The van der Waals surface area contributed by atoms with E-state index in [9.17, 15) is 4.79 Å². The van der Waals surface area contributed by atoms with Gasteiger partial charge in [-0.1, -0.05) is 18.5 Å². The topological polar surface area (TPSA) is 41.6 Å². The number of carbonyl (C=O) groups excluding carboxylic acids is 1. The van der Waals surface area contributed by atoms with E-state index in [1.54, 1.807) is 24.3 Å². The highest BCUT2D eigenvalue weighted by Crippen LogP contribution is 2.15. The number of hydrogen-bond acceptors (Lipinski definition) is 3. The zero-order valence-electron chi connectivity index (χ0n) is 12.5. The Balaban J connectivity index is 1.67. The summed E-state index contributed by atoms with van der Waals surface area (Å²) in [5.74, 6) is 0.603. The molecule has 0 aromatic heterocycles. The first-order valence-corrected chi connectivity index (χ1v) is 7.95. The first kappa shape index (κ1) is 16.1. The van der Waals surface area contributed by atoms with Crippen LogP contribution in [0, 0.1) is 0 Å². The monoisotopic (exact) mass is 310 g/mol. The molecule has 116 valence electrons. The van der Waals surface area contributed by atoms with Crippen molar-refractivity contribution >= 4 is 17.5 Å². The molecule has 0 spiro atoms. The molecule has 4 nitrogen and oxygen atoms in total. The average molecular weight is 311 g/mol. The quantitative estimate of drug-likeness (QED) is 0.878. The van der Waals surface area contributed by atoms with Gasteiger partial charge in [0.15, 0.2) is 6.61 Å². The lowest BCUT2D eigenvalue weighted by Crippen LogP contribution is -2.46. The number of nitrogens with zero attached hydrogens (tertiary/aromatic N) is 1. The van der Waals surface area contributed by atoms with E-state index in [-0.39, 0.29) is 18.6 Å². The number of carbonyl (C=O) groups is 1. The third kappa shape index (κ3) is 5.56. The van der Waals surface area contributed by atoms with E-state index < -0.39 is 0 Å². The molecule has 1 amide bonds. The van der Waals surface area contributed by atoms with Crippen molar-refractivity contribution in [3.8, 4) is 5.75 Å². The zero-order valence-corrected chi connectivity index (χ0v) is 13.2. The second kappa shape index (κ2) is 8.25. The summed E-state index contributed by atoms with van der Waals surface area (Å²) in [7, 11) is 0. The van der Waals surface area contributed by atoms with Crippen LogP contribution in [0.1, 0.15) is 26.2 Å². The highest BCUT2D eigenvalue weighted by atomic mass is 35.5. The molecule has 2 rings (SSSR count). The minimum Gasteiger partial charge on any atom is -0.484 e. The number of ether oxygens (including phenoxy) is 1. The van der Waals surface area contributed by atoms with Crippen LogP contribution in [-0.4, -0.2) is 43.1 Å². The van der Waals surface area contributed by atoms with E-state index in [1.807, 2.05) is 0 Å². The molecule has 0 aliphatic carbocycles. The van der Waals surface area contributed by atoms with Crippen LogP contribution in [0.5, 0.6) is 5.75 Å². The van der Waals surface area contributed by atoms with Gasteiger partial charge in [0.05, 0.1) is 0 Å². The predicted molar refractivity (Wildman–Crippen MR) is 84.8 cm³/mol. The lowest BCUT2D eigenvalue weighted by atomic mass is 10.0. The standard InChI is InChI=1S/C16H23ClN2O2/c1-2-9-19-10-7-14(8-11-19)18-16(20)12-21-15-5-3-13(17)4-6-15/h3-6,14H,2,7-12H2,1H3,(H,18,20). The van der Waals surface area contributed by atoms with Crippen LogP contribution in [0.15, 0.2) is 24.3 Å². The van der Waals surface area contributed by atoms with Gasteiger partial charge in [0.25, 0.3) is 5.91 Å². The first-order chi connectivity index (χ1) is 10.2. The van der Waals surface area contributed by atoms with Crippen molar-refractivity contribution in [1.82, 2.24) is 10.2 Å². The minimum absolute atomic E-state index is 0.0524. The Hall–Kier alpha value is -1.26. The Morgan fingerprint density at radius 3 is 2.62 bits per heavy atom. The Morgan fingerprint density at radius 2 is 2.00 bits per heavy atom. The summed E-state index contributed by atoms with van der Waals surface area (Å²) in [6.07, 6.45) is 3.23. The van der Waals surface area contributed by atoms with Gasteiger partial charge in [0.2, 0.25) is 0 Å². The summed E-state index contributed by atoms with van der Waals surface area (Å²) in [6, 6.07) is 7.30. The second-order valence-corrected chi connectivity index (χ2v) is 5.86. The van der Waals surface area contributed by atoms with Crippen molar-refractivity contribution in [1.29, 1.82) is 0 Å². The number of benzene rings is 1. The maximum atomic E-state index is 11.9. The van der Waals surface area contributed by atoms with Gasteiger partial charge in [-0.3, -0.25) is 4.79 Å². The molecule has 1 aliphatic rings. The minimum atomic E-state index is -0.0566. The molecular formula is C16H23ClN2O2. The van der Waals surface area contributed by atoms with E-state index in [0.717, 1.165) is 32.5 Å². The smallest absolute Gasteiger partial charge is 0.258 e. The van der Waals surface area contributed by atoms with Crippen LogP contribution in [0.4, 0.5) is 0 Å². The van der Waals surface area contributed by atoms with Gasteiger partial charge >= 0.3 is 0 Å². The Morgan fingerprint density at radius 1 is 1.33 bits per heavy atom.